The Labute approximate surface area is 386 Å². The number of hydrogen-bond donors (Lipinski definition) is 0. The summed E-state index contributed by atoms with van der Waals surface area (Å²) in [4.78, 5) is 0. The molecule has 0 atom stereocenters. The molecule has 308 valence electrons. The van der Waals surface area contributed by atoms with Gasteiger partial charge in [-0.15, -0.1) is 0 Å². The molecule has 0 spiro atoms. The molecule has 0 aliphatic rings. The molecule has 0 unspecified atom stereocenters. The normalized spacial score (nSPS) is 11.3. The van der Waals surface area contributed by atoms with E-state index in [1.165, 1.54) is 121 Å². The molecule has 0 heterocycles. The van der Waals surface area contributed by atoms with Crippen LogP contribution in [0.4, 0.5) is 0 Å². The molecular weight excluding hydrogens is 793 g/mol. The molecule has 0 fully saturated rings. The van der Waals surface area contributed by atoms with Gasteiger partial charge in [-0.25, -0.2) is 0 Å². The molecular formula is C66H44. The van der Waals surface area contributed by atoms with E-state index in [4.69, 9.17) is 0 Å². The van der Waals surface area contributed by atoms with Gasteiger partial charge in [0, 0.05) is 0 Å². The van der Waals surface area contributed by atoms with Crippen LogP contribution in [0.2, 0.25) is 0 Å². The van der Waals surface area contributed by atoms with Crippen molar-refractivity contribution in [1.29, 1.82) is 0 Å². The highest BCUT2D eigenvalue weighted by molar-refractivity contribution is 6.35. The topological polar surface area (TPSA) is 0 Å². The summed E-state index contributed by atoms with van der Waals surface area (Å²) in [6.45, 7) is 0. The lowest BCUT2D eigenvalue weighted by atomic mass is 9.75. The summed E-state index contributed by atoms with van der Waals surface area (Å²) in [5.41, 5.74) is 19.2. The van der Waals surface area contributed by atoms with Gasteiger partial charge < -0.3 is 0 Å². The fraction of sp³-hybridized carbons (Fsp3) is 0. The molecule has 0 bridgehead atoms. The Hall–Kier alpha value is -8.58. The quantitative estimate of drug-likeness (QED) is 0.134. The second-order valence-corrected chi connectivity index (χ2v) is 17.0. The van der Waals surface area contributed by atoms with Crippen LogP contribution in [0.5, 0.6) is 0 Å². The molecule has 0 saturated carbocycles. The van der Waals surface area contributed by atoms with Crippen LogP contribution in [0, 0.1) is 0 Å². The number of fused-ring (bicyclic) bond motifs is 3. The zero-order valence-corrected chi connectivity index (χ0v) is 36.4. The first kappa shape index (κ1) is 39.0. The van der Waals surface area contributed by atoms with E-state index < -0.39 is 0 Å². The number of rotatable bonds is 8. The molecule has 0 N–H and O–H groups in total. The molecule has 0 aromatic heterocycles. The van der Waals surface area contributed by atoms with E-state index in [-0.39, 0.29) is 0 Å². The summed E-state index contributed by atoms with van der Waals surface area (Å²) in [5, 5.41) is 7.30. The van der Waals surface area contributed by atoms with Gasteiger partial charge >= 0.3 is 0 Å². The van der Waals surface area contributed by atoms with E-state index in [1.807, 2.05) is 0 Å². The smallest absolute Gasteiger partial charge is 0.0000937 e. The molecule has 0 nitrogen and oxygen atoms in total. The van der Waals surface area contributed by atoms with Crippen LogP contribution < -0.4 is 0 Å². The van der Waals surface area contributed by atoms with Crippen LogP contribution >= 0.6 is 0 Å². The largest absolute Gasteiger partial charge is 0.0622 e. The summed E-state index contributed by atoms with van der Waals surface area (Å²) in [6, 6.07) is 98.1. The molecule has 0 amide bonds. The Morgan fingerprint density at radius 1 is 0.136 bits per heavy atom. The van der Waals surface area contributed by atoms with Crippen molar-refractivity contribution >= 4 is 32.3 Å². The maximum absolute atomic E-state index is 2.36. The minimum absolute atomic E-state index is 1.19. The van der Waals surface area contributed by atoms with Crippen molar-refractivity contribution in [3.05, 3.63) is 267 Å². The highest BCUT2D eigenvalue weighted by Gasteiger charge is 2.29. The molecule has 66 heavy (non-hydrogen) atoms. The first-order valence-corrected chi connectivity index (χ1v) is 22.9. The standard InChI is InChI=1S/C66H44/c1-5-25-45(26-6-1)49-33-13-17-37-53(49)61-57-41-21-22-42-58(57)63(55-39-19-15-35-51(55)47-29-9-3-10-30-47)66-64(56-40-20-16-36-52(56)48-31-11-4-12-32-48)60-44-24-23-43-59(60)62(65(61)66)54-38-18-14-34-50(54)46-27-7-2-8-28-46/h1-44H. The Bertz CT molecular complexity index is 3230. The highest BCUT2D eigenvalue weighted by atomic mass is 14.3. The van der Waals surface area contributed by atoms with Crippen molar-refractivity contribution in [3.8, 4) is 89.0 Å². The number of hydrogen-bond acceptors (Lipinski definition) is 0. The molecule has 0 saturated heterocycles. The average Bonchev–Trinajstić information content (AvgIpc) is 3.40. The second kappa shape index (κ2) is 16.8. The van der Waals surface area contributed by atoms with Gasteiger partial charge in [-0.2, -0.15) is 0 Å². The fourth-order valence-electron chi connectivity index (χ4n) is 10.5. The third-order valence-electron chi connectivity index (χ3n) is 13.3. The second-order valence-electron chi connectivity index (χ2n) is 17.0. The summed E-state index contributed by atoms with van der Waals surface area (Å²) in [5.74, 6) is 0. The molecule has 12 aromatic carbocycles. The van der Waals surface area contributed by atoms with E-state index in [2.05, 4.69) is 267 Å². The van der Waals surface area contributed by atoms with Crippen LogP contribution in [0.3, 0.4) is 0 Å². The third-order valence-corrected chi connectivity index (χ3v) is 13.3. The van der Waals surface area contributed by atoms with Gasteiger partial charge in [0.15, 0.2) is 0 Å². The molecule has 0 heteroatoms. The van der Waals surface area contributed by atoms with Crippen molar-refractivity contribution in [1.82, 2.24) is 0 Å². The van der Waals surface area contributed by atoms with Gasteiger partial charge in [0.2, 0.25) is 0 Å². The molecule has 12 rings (SSSR count). The van der Waals surface area contributed by atoms with E-state index in [1.54, 1.807) is 0 Å². The zero-order chi connectivity index (χ0) is 43.8. The van der Waals surface area contributed by atoms with Crippen LogP contribution in [-0.4, -0.2) is 0 Å². The van der Waals surface area contributed by atoms with Crippen molar-refractivity contribution < 1.29 is 0 Å². The Morgan fingerprint density at radius 3 is 0.515 bits per heavy atom. The van der Waals surface area contributed by atoms with Crippen molar-refractivity contribution in [2.75, 3.05) is 0 Å². The van der Waals surface area contributed by atoms with Crippen LogP contribution in [-0.2, 0) is 0 Å². The third kappa shape index (κ3) is 6.62. The number of benzene rings is 12. The maximum atomic E-state index is 2.36. The van der Waals surface area contributed by atoms with Gasteiger partial charge in [0.25, 0.3) is 0 Å². The Morgan fingerprint density at radius 2 is 0.303 bits per heavy atom. The maximum Gasteiger partial charge on any atom is -0.0000937 e. The van der Waals surface area contributed by atoms with Crippen LogP contribution in [0.1, 0.15) is 0 Å². The molecule has 0 aliphatic carbocycles. The van der Waals surface area contributed by atoms with Gasteiger partial charge in [0.05, 0.1) is 0 Å². The first-order chi connectivity index (χ1) is 32.8. The molecule has 12 aromatic rings. The van der Waals surface area contributed by atoms with E-state index >= 15 is 0 Å². The lowest BCUT2D eigenvalue weighted by Gasteiger charge is -2.28. The SMILES string of the molecule is c1ccc(-c2ccccc2-c2c3ccccc3c(-c3ccccc3-c3ccccc3)c3c(-c4ccccc4-c4ccccc4)c4ccccc4c(-c4ccccc4-c4ccccc4)c23)cc1. The monoisotopic (exact) mass is 836 g/mol. The van der Waals surface area contributed by atoms with Crippen molar-refractivity contribution in [2.24, 2.45) is 0 Å². The summed E-state index contributed by atoms with van der Waals surface area (Å²) in [7, 11) is 0. The van der Waals surface area contributed by atoms with Crippen molar-refractivity contribution in [3.63, 3.8) is 0 Å². The predicted octanol–water partition coefficient (Wildman–Crippen LogP) is 18.5. The summed E-state index contributed by atoms with van der Waals surface area (Å²) in [6.07, 6.45) is 0. The molecule has 0 radical (unpaired) electrons. The summed E-state index contributed by atoms with van der Waals surface area (Å²) < 4.78 is 0. The lowest BCUT2D eigenvalue weighted by molar-refractivity contribution is 1.58. The van der Waals surface area contributed by atoms with E-state index in [9.17, 15) is 0 Å². The average molecular weight is 837 g/mol. The van der Waals surface area contributed by atoms with E-state index in [0.29, 0.717) is 0 Å². The minimum Gasteiger partial charge on any atom is -0.0622 e. The van der Waals surface area contributed by atoms with Crippen LogP contribution in [0.25, 0.3) is 121 Å². The predicted molar refractivity (Wildman–Crippen MR) is 282 cm³/mol. The fourth-order valence-corrected chi connectivity index (χ4v) is 10.5. The summed E-state index contributed by atoms with van der Waals surface area (Å²) >= 11 is 0. The molecule has 0 aliphatic heterocycles. The Balaban J connectivity index is 1.41. The Kier molecular flexibility index (Phi) is 9.97. The van der Waals surface area contributed by atoms with E-state index in [0.717, 1.165) is 0 Å². The van der Waals surface area contributed by atoms with Gasteiger partial charge in [-0.05, 0) is 121 Å². The van der Waals surface area contributed by atoms with Gasteiger partial charge in [-0.3, -0.25) is 0 Å². The zero-order valence-electron chi connectivity index (χ0n) is 36.4. The van der Waals surface area contributed by atoms with Gasteiger partial charge in [0.1, 0.15) is 0 Å². The first-order valence-electron chi connectivity index (χ1n) is 22.9. The minimum atomic E-state index is 1.19. The lowest BCUT2D eigenvalue weighted by Crippen LogP contribution is -2.00. The van der Waals surface area contributed by atoms with Crippen molar-refractivity contribution in [2.45, 2.75) is 0 Å². The van der Waals surface area contributed by atoms with Gasteiger partial charge in [-0.1, -0.05) is 267 Å². The van der Waals surface area contributed by atoms with Crippen LogP contribution in [0.15, 0.2) is 267 Å². The highest BCUT2D eigenvalue weighted by Crippen LogP contribution is 2.57.